The second-order valence-electron chi connectivity index (χ2n) is 6.25. The fourth-order valence-corrected chi connectivity index (χ4v) is 3.18. The van der Waals surface area contributed by atoms with Gasteiger partial charge in [-0.25, -0.2) is 0 Å². The molecule has 1 saturated carbocycles. The average Bonchev–Trinajstić information content (AvgIpc) is 3.46. The van der Waals surface area contributed by atoms with Gasteiger partial charge >= 0.3 is 0 Å². The number of anilines is 1. The third-order valence-electron chi connectivity index (χ3n) is 4.62. The lowest BCUT2D eigenvalue weighted by atomic mass is 10.0. The highest BCUT2D eigenvalue weighted by atomic mass is 16.6. The summed E-state index contributed by atoms with van der Waals surface area (Å²) in [5.41, 5.74) is 1.84. The molecule has 128 valence electrons. The lowest BCUT2D eigenvalue weighted by Crippen LogP contribution is -2.44. The van der Waals surface area contributed by atoms with Crippen molar-refractivity contribution in [1.82, 2.24) is 4.90 Å². The van der Waals surface area contributed by atoms with Crippen molar-refractivity contribution in [3.05, 3.63) is 63.7 Å². The summed E-state index contributed by atoms with van der Waals surface area (Å²) in [5, 5.41) is 14.4. The second-order valence-corrected chi connectivity index (χ2v) is 6.25. The summed E-state index contributed by atoms with van der Waals surface area (Å²) < 4.78 is 5.19. The monoisotopic (exact) mass is 339 g/mol. The first-order valence-corrected chi connectivity index (χ1v) is 8.10. The van der Waals surface area contributed by atoms with Gasteiger partial charge in [-0.1, -0.05) is 12.1 Å². The molecule has 7 nitrogen and oxygen atoms in total. The van der Waals surface area contributed by atoms with Crippen LogP contribution in [-0.2, 0) is 0 Å². The van der Waals surface area contributed by atoms with Gasteiger partial charge in [-0.3, -0.25) is 14.9 Å². The van der Waals surface area contributed by atoms with Crippen LogP contribution in [0.5, 0.6) is 5.75 Å². The highest BCUT2D eigenvalue weighted by molar-refractivity contribution is 6.02. The molecule has 0 radical (unpaired) electrons. The summed E-state index contributed by atoms with van der Waals surface area (Å²) in [4.78, 5) is 25.4. The Hall–Kier alpha value is -3.09. The van der Waals surface area contributed by atoms with E-state index in [2.05, 4.69) is 5.32 Å². The minimum atomic E-state index is -0.482. The Kier molecular flexibility index (Phi) is 3.56. The molecule has 0 spiro atoms. The number of nitro groups is 1. The van der Waals surface area contributed by atoms with E-state index in [9.17, 15) is 14.9 Å². The number of nitrogens with zero attached hydrogens (tertiary/aromatic N) is 2. The Labute approximate surface area is 144 Å². The van der Waals surface area contributed by atoms with E-state index < -0.39 is 4.92 Å². The molecule has 2 aromatic carbocycles. The number of non-ortho nitro benzene ring substituents is 1. The highest BCUT2D eigenvalue weighted by Gasteiger charge is 2.42. The molecule has 2 aromatic rings. The van der Waals surface area contributed by atoms with Gasteiger partial charge < -0.3 is 15.0 Å². The van der Waals surface area contributed by atoms with Crippen LogP contribution in [0.25, 0.3) is 0 Å². The normalized spacial score (nSPS) is 19.2. The van der Waals surface area contributed by atoms with E-state index in [4.69, 9.17) is 4.74 Å². The van der Waals surface area contributed by atoms with Crippen molar-refractivity contribution in [3.63, 3.8) is 0 Å². The summed E-state index contributed by atoms with van der Waals surface area (Å²) in [6.07, 6.45) is 1.61. The predicted octanol–water partition coefficient (Wildman–Crippen LogP) is 3.33. The maximum absolute atomic E-state index is 13.0. The number of benzene rings is 2. The van der Waals surface area contributed by atoms with Crippen molar-refractivity contribution < 1.29 is 14.5 Å². The Bertz CT molecular complexity index is 846. The summed E-state index contributed by atoms with van der Waals surface area (Å²) in [6.45, 7) is 0. The van der Waals surface area contributed by atoms with Crippen LogP contribution in [0.2, 0.25) is 0 Å². The van der Waals surface area contributed by atoms with Gasteiger partial charge in [-0.2, -0.15) is 0 Å². The first-order chi connectivity index (χ1) is 12.1. The van der Waals surface area contributed by atoms with Crippen molar-refractivity contribution in [3.8, 4) is 5.75 Å². The maximum Gasteiger partial charge on any atom is 0.270 e. The molecule has 0 saturated heterocycles. The number of carbonyl (C=O) groups is 1. The molecule has 0 aromatic heterocycles. The molecule has 1 aliphatic heterocycles. The average molecular weight is 339 g/mol. The number of nitro benzene ring substituents is 1. The number of amides is 1. The lowest BCUT2D eigenvalue weighted by Gasteiger charge is -2.38. The van der Waals surface area contributed by atoms with Gasteiger partial charge in [0.2, 0.25) is 0 Å². The molecule has 2 aliphatic rings. The van der Waals surface area contributed by atoms with Crippen LogP contribution in [0.15, 0.2) is 42.5 Å². The Morgan fingerprint density at radius 1 is 1.20 bits per heavy atom. The first kappa shape index (κ1) is 15.4. The molecule has 1 atom stereocenters. The molecule has 1 aliphatic carbocycles. The molecule has 25 heavy (non-hydrogen) atoms. The van der Waals surface area contributed by atoms with Crippen LogP contribution in [0.3, 0.4) is 0 Å². The summed E-state index contributed by atoms with van der Waals surface area (Å²) in [6, 6.07) is 12.1. The topological polar surface area (TPSA) is 84.7 Å². The van der Waals surface area contributed by atoms with E-state index in [1.165, 1.54) is 12.1 Å². The van der Waals surface area contributed by atoms with Crippen molar-refractivity contribution in [2.75, 3.05) is 12.4 Å². The summed E-state index contributed by atoms with van der Waals surface area (Å²) in [5.74, 6) is 0.584. The third-order valence-corrected chi connectivity index (χ3v) is 4.62. The SMILES string of the molecule is COc1ccc([C@H]2Nc3ccc([N+](=O)[O-])cc3C(=O)N2C2CC2)cc1. The van der Waals surface area contributed by atoms with E-state index in [1.54, 1.807) is 18.1 Å². The zero-order valence-corrected chi connectivity index (χ0v) is 13.6. The van der Waals surface area contributed by atoms with Crippen LogP contribution in [0.4, 0.5) is 11.4 Å². The van der Waals surface area contributed by atoms with Gasteiger partial charge in [-0.05, 0) is 36.6 Å². The Morgan fingerprint density at radius 3 is 2.52 bits per heavy atom. The molecule has 1 amide bonds. The van der Waals surface area contributed by atoms with E-state index in [0.29, 0.717) is 11.3 Å². The van der Waals surface area contributed by atoms with Gasteiger partial charge in [0.05, 0.1) is 17.6 Å². The van der Waals surface area contributed by atoms with Crippen LogP contribution < -0.4 is 10.1 Å². The quantitative estimate of drug-likeness (QED) is 0.682. The van der Waals surface area contributed by atoms with E-state index in [0.717, 1.165) is 24.2 Å². The fraction of sp³-hybridized carbons (Fsp3) is 0.278. The van der Waals surface area contributed by atoms with Gasteiger partial charge in [0.25, 0.3) is 11.6 Å². The number of rotatable bonds is 4. The number of carbonyl (C=O) groups excluding carboxylic acids is 1. The van der Waals surface area contributed by atoms with Crippen LogP contribution in [0, 0.1) is 10.1 Å². The fourth-order valence-electron chi connectivity index (χ4n) is 3.18. The molecule has 0 bridgehead atoms. The number of hydrogen-bond donors (Lipinski definition) is 1. The number of methoxy groups -OCH3 is 1. The second kappa shape index (κ2) is 5.77. The van der Waals surface area contributed by atoms with Gasteiger partial charge in [-0.15, -0.1) is 0 Å². The lowest BCUT2D eigenvalue weighted by molar-refractivity contribution is -0.384. The third kappa shape index (κ3) is 2.67. The molecule has 1 fully saturated rings. The Morgan fingerprint density at radius 2 is 1.92 bits per heavy atom. The minimum absolute atomic E-state index is 0.0763. The Balaban J connectivity index is 1.75. The van der Waals surface area contributed by atoms with Gasteiger partial charge in [0.1, 0.15) is 11.9 Å². The molecule has 1 N–H and O–H groups in total. The van der Waals surface area contributed by atoms with Gasteiger partial charge in [0.15, 0.2) is 0 Å². The largest absolute Gasteiger partial charge is 0.497 e. The number of ether oxygens (including phenoxy) is 1. The number of nitrogens with one attached hydrogen (secondary N) is 1. The summed E-state index contributed by atoms with van der Waals surface area (Å²) >= 11 is 0. The molecular weight excluding hydrogens is 322 g/mol. The minimum Gasteiger partial charge on any atom is -0.497 e. The molecule has 1 heterocycles. The molecule has 4 rings (SSSR count). The molecule has 7 heteroatoms. The van der Waals surface area contributed by atoms with E-state index >= 15 is 0 Å². The summed E-state index contributed by atoms with van der Waals surface area (Å²) in [7, 11) is 1.61. The van der Waals surface area contributed by atoms with Crippen molar-refractivity contribution in [2.24, 2.45) is 0 Å². The zero-order chi connectivity index (χ0) is 17.6. The van der Waals surface area contributed by atoms with Crippen molar-refractivity contribution in [1.29, 1.82) is 0 Å². The maximum atomic E-state index is 13.0. The van der Waals surface area contributed by atoms with E-state index in [-0.39, 0.29) is 23.8 Å². The molecular formula is C18H17N3O4. The predicted molar refractivity (Wildman–Crippen MR) is 91.6 cm³/mol. The first-order valence-electron chi connectivity index (χ1n) is 8.10. The standard InChI is InChI=1S/C18H17N3O4/c1-25-14-7-2-11(3-8-14)17-19-16-9-6-13(21(23)24)10-15(16)18(22)20(17)12-4-5-12/h2-3,6-10,12,17,19H,4-5H2,1H3/t17-/m0/s1. The van der Waals surface area contributed by atoms with Crippen LogP contribution in [0.1, 0.15) is 34.9 Å². The van der Waals surface area contributed by atoms with Crippen molar-refractivity contribution in [2.45, 2.75) is 25.0 Å². The number of hydrogen-bond acceptors (Lipinski definition) is 5. The molecule has 0 unspecified atom stereocenters. The van der Waals surface area contributed by atoms with Crippen LogP contribution >= 0.6 is 0 Å². The zero-order valence-electron chi connectivity index (χ0n) is 13.6. The van der Waals surface area contributed by atoms with Crippen molar-refractivity contribution >= 4 is 17.3 Å². The van der Waals surface area contributed by atoms with E-state index in [1.807, 2.05) is 24.3 Å². The number of fused-ring (bicyclic) bond motifs is 1. The van der Waals surface area contributed by atoms with Gasteiger partial charge in [0, 0.05) is 23.9 Å². The highest BCUT2D eigenvalue weighted by Crippen LogP contribution is 2.41. The van der Waals surface area contributed by atoms with Crippen LogP contribution in [-0.4, -0.2) is 28.9 Å². The smallest absolute Gasteiger partial charge is 0.270 e.